The summed E-state index contributed by atoms with van der Waals surface area (Å²) in [6, 6.07) is 7.59. The summed E-state index contributed by atoms with van der Waals surface area (Å²) in [6.45, 7) is 0. The van der Waals surface area contributed by atoms with E-state index in [2.05, 4.69) is 5.92 Å². The van der Waals surface area contributed by atoms with Crippen LogP contribution in [0.3, 0.4) is 0 Å². The molecule has 0 bridgehead atoms. The van der Waals surface area contributed by atoms with Gasteiger partial charge >= 0.3 is 5.85 Å². The van der Waals surface area contributed by atoms with E-state index in [-0.39, 0.29) is 0 Å². The molecule has 4 heteroatoms. The number of terminal acetylenes is 1. The largest absolute Gasteiger partial charge is 0.455 e. The third-order valence-electron chi connectivity index (χ3n) is 2.81. The first kappa shape index (κ1) is 10.9. The quantitative estimate of drug-likeness (QED) is 0.642. The van der Waals surface area contributed by atoms with E-state index in [9.17, 15) is 0 Å². The van der Waals surface area contributed by atoms with Gasteiger partial charge in [0.1, 0.15) is 5.75 Å². The molecule has 90 valence electrons. The van der Waals surface area contributed by atoms with Crippen LogP contribution < -0.4 is 10.5 Å². The molecule has 1 saturated heterocycles. The average molecular weight is 240 g/mol. The Labute approximate surface area is 105 Å². The molecule has 0 saturated carbocycles. The summed E-state index contributed by atoms with van der Waals surface area (Å²) in [6.07, 6.45) is 11.2. The number of benzene rings is 1. The van der Waals surface area contributed by atoms with E-state index in [0.717, 1.165) is 5.56 Å². The summed E-state index contributed by atoms with van der Waals surface area (Å²) in [4.78, 5) is 5.22. The van der Waals surface area contributed by atoms with Crippen LogP contribution in [0, 0.1) is 12.3 Å². The molecule has 2 N–H and O–H groups in total. The maximum atomic E-state index is 5.95. The Bertz CT molecular complexity index is 568. The van der Waals surface area contributed by atoms with E-state index < -0.39 is 5.85 Å². The van der Waals surface area contributed by atoms with Crippen molar-refractivity contribution >= 4 is 0 Å². The number of fused-ring (bicyclic) bond motifs is 1. The Hall–Kier alpha value is -2.22. The van der Waals surface area contributed by atoms with Crippen molar-refractivity contribution < 1.29 is 9.57 Å². The van der Waals surface area contributed by atoms with Crippen molar-refractivity contribution in [3.63, 3.8) is 0 Å². The monoisotopic (exact) mass is 240 g/mol. The maximum absolute atomic E-state index is 5.95. The number of nitrogens with zero attached hydrogens (tertiary/aromatic N) is 1. The van der Waals surface area contributed by atoms with Crippen LogP contribution in [0.2, 0.25) is 0 Å². The Morgan fingerprint density at radius 1 is 1.39 bits per heavy atom. The molecule has 1 aromatic carbocycles. The van der Waals surface area contributed by atoms with E-state index in [0.29, 0.717) is 17.9 Å². The zero-order valence-corrected chi connectivity index (χ0v) is 9.67. The lowest BCUT2D eigenvalue weighted by atomic mass is 10.1. The fourth-order valence-corrected chi connectivity index (χ4v) is 1.78. The molecule has 1 fully saturated rings. The Kier molecular flexibility index (Phi) is 2.37. The summed E-state index contributed by atoms with van der Waals surface area (Å²) < 4.78 is 5.71. The van der Waals surface area contributed by atoms with Gasteiger partial charge in [0.05, 0.1) is 0 Å². The van der Waals surface area contributed by atoms with Crippen molar-refractivity contribution in [1.82, 2.24) is 5.06 Å². The predicted molar refractivity (Wildman–Crippen MR) is 66.7 cm³/mol. The van der Waals surface area contributed by atoms with Crippen molar-refractivity contribution in [2.24, 2.45) is 5.73 Å². The molecule has 1 atom stereocenters. The van der Waals surface area contributed by atoms with Gasteiger partial charge in [-0.25, -0.2) is 9.90 Å². The SMILES string of the molecule is C#CCc1ccc(OC2=CC=CN3OC23N)cc1. The molecule has 0 amide bonds. The van der Waals surface area contributed by atoms with E-state index in [1.807, 2.05) is 30.3 Å². The summed E-state index contributed by atoms with van der Waals surface area (Å²) in [7, 11) is 0. The van der Waals surface area contributed by atoms with Gasteiger partial charge < -0.3 is 4.74 Å². The van der Waals surface area contributed by atoms with Gasteiger partial charge in [0.25, 0.3) is 0 Å². The number of rotatable bonds is 3. The van der Waals surface area contributed by atoms with Crippen molar-refractivity contribution in [1.29, 1.82) is 0 Å². The Morgan fingerprint density at radius 2 is 2.17 bits per heavy atom. The number of hydrogen-bond donors (Lipinski definition) is 1. The lowest BCUT2D eigenvalue weighted by Crippen LogP contribution is -2.34. The zero-order valence-electron chi connectivity index (χ0n) is 9.67. The molecule has 2 aliphatic rings. The summed E-state index contributed by atoms with van der Waals surface area (Å²) in [5.41, 5.74) is 7.03. The second kappa shape index (κ2) is 3.91. The van der Waals surface area contributed by atoms with Gasteiger partial charge in [-0.3, -0.25) is 5.73 Å². The molecule has 2 aliphatic heterocycles. The maximum Gasteiger partial charge on any atom is 0.301 e. The van der Waals surface area contributed by atoms with Gasteiger partial charge in [-0.1, -0.05) is 12.1 Å². The number of allylic oxidation sites excluding steroid dienone is 2. The van der Waals surface area contributed by atoms with Crippen LogP contribution in [-0.4, -0.2) is 10.9 Å². The van der Waals surface area contributed by atoms with Crippen LogP contribution in [0.5, 0.6) is 5.75 Å². The smallest absolute Gasteiger partial charge is 0.301 e. The highest BCUT2D eigenvalue weighted by molar-refractivity contribution is 5.33. The lowest BCUT2D eigenvalue weighted by molar-refractivity contribution is 0.228. The van der Waals surface area contributed by atoms with Gasteiger partial charge in [0, 0.05) is 12.6 Å². The topological polar surface area (TPSA) is 50.8 Å². The van der Waals surface area contributed by atoms with Crippen LogP contribution >= 0.6 is 0 Å². The van der Waals surface area contributed by atoms with Crippen LogP contribution in [0.1, 0.15) is 5.56 Å². The highest BCUT2D eigenvalue weighted by atomic mass is 16.9. The molecule has 4 nitrogen and oxygen atoms in total. The van der Waals surface area contributed by atoms with E-state index in [4.69, 9.17) is 21.7 Å². The Morgan fingerprint density at radius 3 is 2.89 bits per heavy atom. The van der Waals surface area contributed by atoms with Gasteiger partial charge in [-0.15, -0.1) is 12.3 Å². The fraction of sp³-hybridized carbons (Fsp3) is 0.143. The molecular weight excluding hydrogens is 228 g/mol. The zero-order chi connectivity index (χ0) is 12.6. The second-order valence-electron chi connectivity index (χ2n) is 4.11. The van der Waals surface area contributed by atoms with Crippen LogP contribution in [0.15, 0.2) is 48.4 Å². The third-order valence-corrected chi connectivity index (χ3v) is 2.81. The van der Waals surface area contributed by atoms with E-state index in [1.54, 1.807) is 12.3 Å². The average Bonchev–Trinajstić information content (AvgIpc) is 3.05. The highest BCUT2D eigenvalue weighted by Gasteiger charge is 2.56. The van der Waals surface area contributed by atoms with Gasteiger partial charge in [0.2, 0.25) is 0 Å². The molecule has 1 unspecified atom stereocenters. The Balaban J connectivity index is 1.75. The first-order valence-corrected chi connectivity index (χ1v) is 5.59. The third kappa shape index (κ3) is 1.76. The van der Waals surface area contributed by atoms with E-state index in [1.165, 1.54) is 5.06 Å². The predicted octanol–water partition coefficient (Wildman–Crippen LogP) is 1.51. The van der Waals surface area contributed by atoms with Crippen LogP contribution in [0.25, 0.3) is 0 Å². The highest BCUT2D eigenvalue weighted by Crippen LogP contribution is 2.39. The summed E-state index contributed by atoms with van der Waals surface area (Å²) in [5, 5.41) is 1.54. The summed E-state index contributed by atoms with van der Waals surface area (Å²) >= 11 is 0. The van der Waals surface area contributed by atoms with Gasteiger partial charge in [0.15, 0.2) is 5.76 Å². The van der Waals surface area contributed by atoms with Crippen molar-refractivity contribution in [2.45, 2.75) is 12.3 Å². The first-order valence-electron chi connectivity index (χ1n) is 5.59. The fourth-order valence-electron chi connectivity index (χ4n) is 1.78. The molecular formula is C14H12N2O2. The number of hydrogen-bond acceptors (Lipinski definition) is 4. The molecule has 0 radical (unpaired) electrons. The molecule has 1 aromatic rings. The molecule has 0 aromatic heterocycles. The lowest BCUT2D eigenvalue weighted by Gasteiger charge is -2.14. The van der Waals surface area contributed by atoms with Crippen molar-refractivity contribution in [3.8, 4) is 18.1 Å². The first-order chi connectivity index (χ1) is 8.72. The molecule has 0 spiro atoms. The van der Waals surface area contributed by atoms with Gasteiger partial charge in [-0.05, 0) is 29.8 Å². The van der Waals surface area contributed by atoms with E-state index >= 15 is 0 Å². The minimum Gasteiger partial charge on any atom is -0.455 e. The minimum absolute atomic E-state index is 0.565. The normalized spacial score (nSPS) is 24.0. The molecule has 18 heavy (non-hydrogen) atoms. The number of ether oxygens (including phenoxy) is 1. The van der Waals surface area contributed by atoms with Gasteiger partial charge in [-0.2, -0.15) is 0 Å². The molecule has 0 aliphatic carbocycles. The van der Waals surface area contributed by atoms with Crippen LogP contribution in [-0.2, 0) is 11.3 Å². The molecule has 2 heterocycles. The minimum atomic E-state index is -0.938. The van der Waals surface area contributed by atoms with Crippen LogP contribution in [0.4, 0.5) is 0 Å². The second-order valence-corrected chi connectivity index (χ2v) is 4.11. The van der Waals surface area contributed by atoms with Crippen molar-refractivity contribution in [2.75, 3.05) is 0 Å². The standard InChI is InChI=1S/C14H12N2O2/c1-2-4-11-6-8-12(9-7-11)17-13-5-3-10-16-14(13,15)18-16/h1,3,5-10H,4,15H2. The number of nitrogens with two attached hydrogens (primary N) is 1. The van der Waals surface area contributed by atoms with Crippen molar-refractivity contribution in [3.05, 3.63) is 53.9 Å². The summed E-state index contributed by atoms with van der Waals surface area (Å²) in [5.74, 6) is 2.93. The molecule has 3 rings (SSSR count). The number of hydroxylamine groups is 2.